The van der Waals surface area contributed by atoms with Crippen molar-refractivity contribution in [1.82, 2.24) is 9.88 Å². The number of thioether (sulfide) groups is 1. The van der Waals surface area contributed by atoms with Gasteiger partial charge in [0.25, 0.3) is 5.91 Å². The van der Waals surface area contributed by atoms with Crippen LogP contribution in [0.4, 0.5) is 5.69 Å². The van der Waals surface area contributed by atoms with Crippen molar-refractivity contribution in [3.63, 3.8) is 0 Å². The molecule has 0 atom stereocenters. The number of aryl methyl sites for hydroxylation is 2. The Morgan fingerprint density at radius 3 is 2.45 bits per heavy atom. The van der Waals surface area contributed by atoms with E-state index in [1.165, 1.54) is 24.2 Å². The first-order valence-corrected chi connectivity index (χ1v) is 11.5. The summed E-state index contributed by atoms with van der Waals surface area (Å²) < 4.78 is 7.22. The number of ether oxygens (including phenoxy) is 1. The van der Waals surface area contributed by atoms with Crippen molar-refractivity contribution >= 4 is 40.6 Å². The van der Waals surface area contributed by atoms with Gasteiger partial charge in [-0.2, -0.15) is 0 Å². The van der Waals surface area contributed by atoms with Crippen LogP contribution in [0.3, 0.4) is 0 Å². The number of hydrogen-bond donors (Lipinski definition) is 1. The van der Waals surface area contributed by atoms with E-state index >= 15 is 0 Å². The molecule has 1 aliphatic heterocycles. The molecule has 7 heteroatoms. The van der Waals surface area contributed by atoms with Gasteiger partial charge in [-0.3, -0.25) is 9.59 Å². The lowest BCUT2D eigenvalue weighted by atomic mass is 10.2. The first-order valence-electron chi connectivity index (χ1n) is 10.7. The molecule has 0 spiro atoms. The van der Waals surface area contributed by atoms with Gasteiger partial charge in [-0.05, 0) is 91.7 Å². The van der Waals surface area contributed by atoms with Crippen molar-refractivity contribution in [2.45, 2.75) is 34.1 Å². The molecule has 0 saturated carbocycles. The van der Waals surface area contributed by atoms with Crippen molar-refractivity contribution in [2.24, 2.45) is 4.99 Å². The maximum Gasteiger partial charge on any atom is 0.308 e. The highest BCUT2D eigenvalue weighted by molar-refractivity contribution is 8.18. The van der Waals surface area contributed by atoms with Crippen LogP contribution in [0.25, 0.3) is 11.8 Å². The number of amides is 1. The zero-order valence-electron chi connectivity index (χ0n) is 19.0. The summed E-state index contributed by atoms with van der Waals surface area (Å²) in [4.78, 5) is 28.9. The molecular formula is C26H25N3O3S. The molecule has 168 valence electrons. The highest BCUT2D eigenvalue weighted by Crippen LogP contribution is 2.31. The van der Waals surface area contributed by atoms with Crippen LogP contribution in [0.1, 0.15) is 36.4 Å². The van der Waals surface area contributed by atoms with Crippen molar-refractivity contribution in [3.05, 3.63) is 82.0 Å². The molecule has 1 aliphatic rings. The molecule has 2 heterocycles. The summed E-state index contributed by atoms with van der Waals surface area (Å²) >= 11 is 1.34. The Morgan fingerprint density at radius 1 is 1.12 bits per heavy atom. The number of amidine groups is 1. The van der Waals surface area contributed by atoms with Crippen molar-refractivity contribution in [2.75, 3.05) is 0 Å². The topological polar surface area (TPSA) is 72.7 Å². The van der Waals surface area contributed by atoms with Gasteiger partial charge >= 0.3 is 5.97 Å². The predicted octanol–water partition coefficient (Wildman–Crippen LogP) is 5.47. The number of esters is 1. The van der Waals surface area contributed by atoms with Crippen LogP contribution in [-0.2, 0) is 16.0 Å². The number of carbonyl (C=O) groups excluding carboxylic acids is 2. The third-order valence-corrected chi connectivity index (χ3v) is 6.25. The van der Waals surface area contributed by atoms with E-state index in [9.17, 15) is 9.59 Å². The number of aliphatic imine (C=N–C) groups is 1. The van der Waals surface area contributed by atoms with Crippen LogP contribution < -0.4 is 10.1 Å². The maximum atomic E-state index is 12.5. The van der Waals surface area contributed by atoms with Gasteiger partial charge < -0.3 is 14.6 Å². The van der Waals surface area contributed by atoms with Gasteiger partial charge in [-0.25, -0.2) is 4.99 Å². The Bertz CT molecular complexity index is 1270. The zero-order chi connectivity index (χ0) is 23.5. The number of nitrogens with one attached hydrogen (secondary N) is 1. The van der Waals surface area contributed by atoms with E-state index in [-0.39, 0.29) is 11.9 Å². The first kappa shape index (κ1) is 22.6. The van der Waals surface area contributed by atoms with Crippen LogP contribution in [-0.4, -0.2) is 21.6 Å². The molecule has 3 aromatic rings. The van der Waals surface area contributed by atoms with Crippen LogP contribution in [0, 0.1) is 13.8 Å². The van der Waals surface area contributed by atoms with E-state index in [1.807, 2.05) is 56.3 Å². The van der Waals surface area contributed by atoms with E-state index in [2.05, 4.69) is 27.9 Å². The van der Waals surface area contributed by atoms with E-state index in [0.717, 1.165) is 34.7 Å². The fourth-order valence-corrected chi connectivity index (χ4v) is 4.54. The highest BCUT2D eigenvalue weighted by Gasteiger charge is 2.24. The lowest BCUT2D eigenvalue weighted by Gasteiger charge is -2.10. The third kappa shape index (κ3) is 5.09. The fourth-order valence-electron chi connectivity index (χ4n) is 3.71. The van der Waals surface area contributed by atoms with Crippen LogP contribution >= 0.6 is 11.8 Å². The minimum absolute atomic E-state index is 0.153. The van der Waals surface area contributed by atoms with Crippen LogP contribution in [0.2, 0.25) is 0 Å². The molecule has 1 N–H and O–H groups in total. The maximum absolute atomic E-state index is 12.5. The summed E-state index contributed by atoms with van der Waals surface area (Å²) in [5.74, 6) is 0.00362. The fraction of sp³-hybridized carbons (Fsp3) is 0.192. The van der Waals surface area contributed by atoms with Gasteiger partial charge in [0.1, 0.15) is 5.75 Å². The molecule has 1 saturated heterocycles. The summed E-state index contributed by atoms with van der Waals surface area (Å²) in [6, 6.07) is 17.4. The minimum Gasteiger partial charge on any atom is -0.427 e. The smallest absolute Gasteiger partial charge is 0.308 e. The Labute approximate surface area is 197 Å². The van der Waals surface area contributed by atoms with E-state index in [0.29, 0.717) is 15.8 Å². The molecule has 6 nitrogen and oxygen atoms in total. The van der Waals surface area contributed by atoms with Gasteiger partial charge in [-0.15, -0.1) is 0 Å². The molecule has 0 aliphatic carbocycles. The number of aromatic nitrogens is 1. The molecule has 1 aromatic heterocycles. The summed E-state index contributed by atoms with van der Waals surface area (Å²) in [6.45, 7) is 7.52. The lowest BCUT2D eigenvalue weighted by Crippen LogP contribution is -2.19. The average Bonchev–Trinajstić information content (AvgIpc) is 3.27. The number of carbonyl (C=O) groups is 2. The summed E-state index contributed by atoms with van der Waals surface area (Å²) in [5, 5.41) is 3.43. The Morgan fingerprint density at radius 2 is 1.82 bits per heavy atom. The molecule has 33 heavy (non-hydrogen) atoms. The molecule has 2 aromatic carbocycles. The van der Waals surface area contributed by atoms with Crippen LogP contribution in [0.15, 0.2) is 64.5 Å². The largest absolute Gasteiger partial charge is 0.427 e. The number of rotatable bonds is 5. The third-order valence-electron chi connectivity index (χ3n) is 5.34. The summed E-state index contributed by atoms with van der Waals surface area (Å²) in [6.07, 6.45) is 2.87. The number of hydrogen-bond acceptors (Lipinski definition) is 5. The number of benzene rings is 2. The van der Waals surface area contributed by atoms with Crippen molar-refractivity contribution in [1.29, 1.82) is 0 Å². The van der Waals surface area contributed by atoms with Crippen molar-refractivity contribution in [3.8, 4) is 11.4 Å². The standard InChI is InChI=1S/C26H25N3O3S/c1-5-19-6-8-21(9-7-19)27-26-28-25(31)24(33-26)15-20-14-16(2)29(17(20)3)22-10-12-23(13-11-22)32-18(4)30/h6-15H,5H2,1-4H3,(H,27,28,31)/b24-15-. The number of nitrogens with zero attached hydrogens (tertiary/aromatic N) is 2. The first-order chi connectivity index (χ1) is 15.8. The van der Waals surface area contributed by atoms with E-state index in [4.69, 9.17) is 4.74 Å². The second-order valence-electron chi connectivity index (χ2n) is 7.75. The molecule has 1 amide bonds. The molecular weight excluding hydrogens is 434 g/mol. The Kier molecular flexibility index (Phi) is 6.51. The lowest BCUT2D eigenvalue weighted by molar-refractivity contribution is -0.131. The molecule has 0 unspecified atom stereocenters. The SMILES string of the molecule is CCc1ccc(N=C2NC(=O)/C(=C/c3cc(C)n(-c4ccc(OC(C)=O)cc4)c3C)S2)cc1. The second-order valence-corrected chi connectivity index (χ2v) is 8.78. The van der Waals surface area contributed by atoms with Crippen molar-refractivity contribution < 1.29 is 14.3 Å². The summed E-state index contributed by atoms with van der Waals surface area (Å²) in [5.41, 5.74) is 6.02. The van der Waals surface area contributed by atoms with E-state index in [1.54, 1.807) is 12.1 Å². The van der Waals surface area contributed by atoms with Gasteiger partial charge in [0.05, 0.1) is 10.6 Å². The average molecular weight is 460 g/mol. The molecule has 1 fully saturated rings. The Balaban J connectivity index is 1.57. The van der Waals surface area contributed by atoms with Gasteiger partial charge in [0, 0.05) is 24.0 Å². The Hall–Kier alpha value is -3.58. The van der Waals surface area contributed by atoms with Gasteiger partial charge in [0.15, 0.2) is 5.17 Å². The zero-order valence-corrected chi connectivity index (χ0v) is 19.8. The van der Waals surface area contributed by atoms with Gasteiger partial charge in [0.2, 0.25) is 0 Å². The summed E-state index contributed by atoms with van der Waals surface area (Å²) in [7, 11) is 0. The van der Waals surface area contributed by atoms with Gasteiger partial charge in [-0.1, -0.05) is 19.1 Å². The highest BCUT2D eigenvalue weighted by atomic mass is 32.2. The monoisotopic (exact) mass is 459 g/mol. The van der Waals surface area contributed by atoms with E-state index < -0.39 is 0 Å². The normalized spacial score (nSPS) is 15.8. The predicted molar refractivity (Wildman–Crippen MR) is 133 cm³/mol. The molecule has 0 bridgehead atoms. The minimum atomic E-state index is -0.349. The molecule has 4 rings (SSSR count). The van der Waals surface area contributed by atoms with Crippen LogP contribution in [0.5, 0.6) is 5.75 Å². The molecule has 0 radical (unpaired) electrons. The quantitative estimate of drug-likeness (QED) is 0.312. The second kappa shape index (κ2) is 9.50.